The molecule has 0 spiro atoms. The molecule has 0 bridgehead atoms. The van der Waals surface area contributed by atoms with E-state index in [-0.39, 0.29) is 31.2 Å². The number of hydrogen-bond acceptors (Lipinski definition) is 3. The van der Waals surface area contributed by atoms with Crippen LogP contribution in [0.25, 0.3) is 81.1 Å². The van der Waals surface area contributed by atoms with Gasteiger partial charge in [-0.05, 0) is 116 Å². The van der Waals surface area contributed by atoms with E-state index in [0.717, 1.165) is 48.2 Å². The number of thiophene rings is 1. The molecule has 0 N–H and O–H groups in total. The summed E-state index contributed by atoms with van der Waals surface area (Å²) in [6.07, 6.45) is -0.567. The zero-order valence-corrected chi connectivity index (χ0v) is 39.7. The summed E-state index contributed by atoms with van der Waals surface area (Å²) in [7, 11) is 0. The molecule has 0 unspecified atom stereocenters. The minimum absolute atomic E-state index is 0. The van der Waals surface area contributed by atoms with Crippen LogP contribution in [0.15, 0.2) is 134 Å². The summed E-state index contributed by atoms with van der Waals surface area (Å²) in [6, 6.07) is 50.6. The van der Waals surface area contributed by atoms with Gasteiger partial charge in [0.1, 0.15) is 0 Å². The van der Waals surface area contributed by atoms with E-state index >= 15 is 0 Å². The monoisotopic (exact) mass is 1010 g/mol. The van der Waals surface area contributed by atoms with E-state index < -0.39 is 18.6 Å². The Morgan fingerprint density at radius 3 is 2.19 bits per heavy atom. The number of fused-ring (bicyclic) bond motifs is 7. The maximum atomic E-state index is 8.88. The largest absolute Gasteiger partial charge is 0.333 e. The van der Waals surface area contributed by atoms with Crippen LogP contribution in [0, 0.1) is 31.3 Å². The molecule has 313 valence electrons. The first-order chi connectivity index (χ1) is 31.3. The summed E-state index contributed by atoms with van der Waals surface area (Å²) in [4.78, 5) is 9.55. The second kappa shape index (κ2) is 17.4. The Kier molecular flexibility index (Phi) is 10.4. The Balaban J connectivity index is 0.000000187. The fourth-order valence-electron chi connectivity index (χ4n) is 8.47. The molecule has 10 rings (SSSR count). The van der Waals surface area contributed by atoms with Gasteiger partial charge in [-0.15, -0.1) is 59.7 Å². The van der Waals surface area contributed by atoms with Crippen LogP contribution in [0.5, 0.6) is 0 Å². The van der Waals surface area contributed by atoms with Gasteiger partial charge in [0.2, 0.25) is 0 Å². The molecule has 3 nitrogen and oxygen atoms in total. The van der Waals surface area contributed by atoms with Crippen LogP contribution in [-0.4, -0.2) is 14.5 Å². The van der Waals surface area contributed by atoms with Crippen molar-refractivity contribution in [2.24, 2.45) is 5.41 Å². The molecule has 0 aliphatic carbocycles. The van der Waals surface area contributed by atoms with E-state index in [9.17, 15) is 0 Å². The summed E-state index contributed by atoms with van der Waals surface area (Å²) in [6.45, 7) is 14.2. The van der Waals surface area contributed by atoms with E-state index in [1.807, 2.05) is 18.2 Å². The van der Waals surface area contributed by atoms with Crippen molar-refractivity contribution < 1.29 is 27.0 Å². The van der Waals surface area contributed by atoms with E-state index in [1.165, 1.54) is 50.1 Å². The molecule has 7 aromatic carbocycles. The molecule has 10 aromatic rings. The predicted octanol–water partition coefficient (Wildman–Crippen LogP) is 16.2. The van der Waals surface area contributed by atoms with E-state index in [4.69, 9.17) is 11.8 Å². The number of pyridine rings is 1. The number of rotatable bonds is 6. The molecule has 3 aromatic heterocycles. The molecule has 62 heavy (non-hydrogen) atoms. The van der Waals surface area contributed by atoms with Crippen molar-refractivity contribution in [2.75, 3.05) is 0 Å². The van der Waals surface area contributed by atoms with E-state index in [1.54, 1.807) is 38.2 Å². The fraction of sp³-hybridized carbons (Fsp3) is 0.228. The third-order valence-corrected chi connectivity index (χ3v) is 12.4. The van der Waals surface area contributed by atoms with Gasteiger partial charge < -0.3 is 9.55 Å². The van der Waals surface area contributed by atoms with Gasteiger partial charge in [0.15, 0.2) is 0 Å². The average Bonchev–Trinajstić information content (AvgIpc) is 3.86. The summed E-state index contributed by atoms with van der Waals surface area (Å²) in [5.74, 6) is 1.79. The molecule has 1 radical (unpaired) electrons. The average molecular weight is 1010 g/mol. The van der Waals surface area contributed by atoms with Crippen molar-refractivity contribution in [1.82, 2.24) is 14.5 Å². The number of imidazole rings is 1. The van der Waals surface area contributed by atoms with Crippen molar-refractivity contribution in [3.8, 4) is 28.3 Å². The van der Waals surface area contributed by atoms with Crippen LogP contribution in [-0.2, 0) is 26.5 Å². The molecule has 0 saturated heterocycles. The number of para-hydroxylation sites is 2. The van der Waals surface area contributed by atoms with Crippen molar-refractivity contribution in [1.29, 1.82) is 0 Å². The minimum atomic E-state index is -2.48. The third-order valence-electron chi connectivity index (χ3n) is 11.3. The van der Waals surface area contributed by atoms with E-state index in [0.29, 0.717) is 17.5 Å². The second-order valence-electron chi connectivity index (χ2n) is 17.7. The standard InChI is InChI=1S/C31H26NS.C26H27N2.Ir/c1-19-18-32-28(15-22(19)17-31(2,3)4)25-11-7-10-24-27-14-21-13-12-20-8-5-6-9-23(20)26(21)16-29(27)33-30(24)25;1-17(2)21-15-19(5)16-22(18(3)4)25(21)28-24-14-10-9-13-23(24)27-26(28)20-11-7-6-8-12-20;/h5-10,12-16,18H,17H2,1-4H3;6-11,13-18H,1-5H3;/q2*-1;/i1D3,17D2;;. The maximum Gasteiger partial charge on any atom is 0.0774 e. The quantitative estimate of drug-likeness (QED) is 0.123. The van der Waals surface area contributed by atoms with Gasteiger partial charge in [-0.2, -0.15) is 11.3 Å². The Labute approximate surface area is 391 Å². The van der Waals surface area contributed by atoms with Crippen molar-refractivity contribution in [2.45, 2.75) is 80.5 Å². The topological polar surface area (TPSA) is 30.7 Å². The number of aromatic nitrogens is 3. The Morgan fingerprint density at radius 2 is 1.47 bits per heavy atom. The molecule has 0 atom stereocenters. The smallest absolute Gasteiger partial charge is 0.0774 e. The van der Waals surface area contributed by atoms with Crippen LogP contribution < -0.4 is 0 Å². The zero-order chi connectivity index (χ0) is 46.9. The summed E-state index contributed by atoms with van der Waals surface area (Å²) < 4.78 is 46.3. The first-order valence-corrected chi connectivity index (χ1v) is 21.9. The number of aryl methyl sites for hydroxylation is 2. The molecule has 0 saturated carbocycles. The van der Waals surface area contributed by atoms with Gasteiger partial charge in [0, 0.05) is 43.5 Å². The first kappa shape index (κ1) is 37.1. The van der Waals surface area contributed by atoms with Gasteiger partial charge in [-0.25, -0.2) is 0 Å². The van der Waals surface area contributed by atoms with Crippen LogP contribution in [0.3, 0.4) is 0 Å². The summed E-state index contributed by atoms with van der Waals surface area (Å²) in [5.41, 5.74) is 9.04. The zero-order valence-electron chi connectivity index (χ0n) is 41.4. The molecule has 5 heteroatoms. The van der Waals surface area contributed by atoms with Gasteiger partial charge >= 0.3 is 0 Å². The molecule has 3 heterocycles. The third kappa shape index (κ3) is 8.27. The first-order valence-electron chi connectivity index (χ1n) is 23.6. The summed E-state index contributed by atoms with van der Waals surface area (Å²) in [5, 5.41) is 7.02. The molecule has 0 aliphatic rings. The van der Waals surface area contributed by atoms with Gasteiger partial charge in [-0.3, -0.25) is 4.98 Å². The fourth-order valence-corrected chi connectivity index (χ4v) is 9.70. The van der Waals surface area contributed by atoms with Crippen LogP contribution in [0.4, 0.5) is 0 Å². The maximum absolute atomic E-state index is 8.88. The Hall–Kier alpha value is -5.45. The van der Waals surface area contributed by atoms with Crippen molar-refractivity contribution >= 4 is 64.1 Å². The second-order valence-corrected chi connectivity index (χ2v) is 18.7. The van der Waals surface area contributed by atoms with Crippen molar-refractivity contribution in [3.63, 3.8) is 0 Å². The van der Waals surface area contributed by atoms with E-state index in [2.05, 4.69) is 159 Å². The number of nitrogens with zero attached hydrogens (tertiary/aromatic N) is 3. The van der Waals surface area contributed by atoms with Gasteiger partial charge in [-0.1, -0.05) is 132 Å². The van der Waals surface area contributed by atoms with Crippen LogP contribution in [0.2, 0.25) is 0 Å². The Morgan fingerprint density at radius 1 is 0.742 bits per heavy atom. The molecular formula is C57H53IrN3S-2. The van der Waals surface area contributed by atoms with Gasteiger partial charge in [0.05, 0.1) is 16.9 Å². The SMILES string of the molecule is Cc1cc(C(C)C)c(-n2c(-c3[c-]cccc3)nc3ccccc32)c(C(C)C)c1.[2H]C([2H])([2H])c1cnc(-c2[c-]ccc3c2sc2cc4c(ccc5ccccc54)cc23)cc1C([2H])([2H])C(C)(C)C.[Ir]. The van der Waals surface area contributed by atoms with Crippen molar-refractivity contribution in [3.05, 3.63) is 174 Å². The molecule has 0 aliphatic heterocycles. The Bertz CT molecular complexity index is 3420. The molecule has 0 fully saturated rings. The number of hydrogen-bond donors (Lipinski definition) is 0. The van der Waals surface area contributed by atoms with Crippen LogP contribution in [0.1, 0.15) is 95.0 Å². The normalized spacial score (nSPS) is 13.5. The minimum Gasteiger partial charge on any atom is -0.333 e. The van der Waals surface area contributed by atoms with Gasteiger partial charge in [0.25, 0.3) is 0 Å². The van der Waals surface area contributed by atoms with Crippen LogP contribution >= 0.6 is 11.3 Å². The molecular weight excluding hydrogens is 951 g/mol. The number of benzene rings is 7. The predicted molar refractivity (Wildman–Crippen MR) is 263 cm³/mol. The molecule has 0 amide bonds. The summed E-state index contributed by atoms with van der Waals surface area (Å²) >= 11 is 1.66.